The molecule has 1 atom stereocenters. The van der Waals surface area contributed by atoms with E-state index in [2.05, 4.69) is 19.9 Å². The molecule has 0 spiro atoms. The Kier molecular flexibility index (Phi) is 3.25. The molecule has 0 radical (unpaired) electrons. The Hall–Kier alpha value is -2.55. The van der Waals surface area contributed by atoms with Gasteiger partial charge in [-0.2, -0.15) is 5.26 Å². The molecule has 0 saturated heterocycles. The lowest BCUT2D eigenvalue weighted by molar-refractivity contribution is 0.0940. The number of nitrogens with zero attached hydrogens (tertiary/aromatic N) is 3. The van der Waals surface area contributed by atoms with Crippen LogP contribution in [0.25, 0.3) is 0 Å². The molecule has 6 nitrogen and oxygen atoms in total. The van der Waals surface area contributed by atoms with E-state index in [0.29, 0.717) is 23.7 Å². The number of amides is 1. The summed E-state index contributed by atoms with van der Waals surface area (Å²) in [6.07, 6.45) is 7.27. The molecule has 2 aromatic heterocycles. The highest BCUT2D eigenvalue weighted by Gasteiger charge is 2.20. The molecule has 0 aromatic carbocycles. The van der Waals surface area contributed by atoms with Crippen molar-refractivity contribution in [1.82, 2.24) is 19.9 Å². The largest absolute Gasteiger partial charge is 0.356 e. The van der Waals surface area contributed by atoms with Crippen LogP contribution in [0.2, 0.25) is 0 Å². The topological polar surface area (TPSA) is 86.5 Å². The minimum Gasteiger partial charge on any atom is -0.356 e. The quantitative estimate of drug-likeness (QED) is 0.874. The van der Waals surface area contributed by atoms with E-state index in [1.807, 2.05) is 18.5 Å². The van der Waals surface area contributed by atoms with Crippen LogP contribution in [0.1, 0.15) is 28.3 Å². The number of H-pyrrole nitrogens is 1. The molecule has 20 heavy (non-hydrogen) atoms. The number of aromatic amines is 1. The third-order valence-corrected chi connectivity index (χ3v) is 3.66. The number of aromatic nitrogens is 3. The minimum absolute atomic E-state index is 0.166. The molecule has 0 unspecified atom stereocenters. The summed E-state index contributed by atoms with van der Waals surface area (Å²) in [5.41, 5.74) is 0.897. The first-order chi connectivity index (χ1) is 9.76. The number of carbonyl (C=O) groups is 1. The number of fused-ring (bicyclic) bond motifs is 1. The molecule has 1 aliphatic rings. The van der Waals surface area contributed by atoms with Gasteiger partial charge in [0.1, 0.15) is 17.6 Å². The van der Waals surface area contributed by atoms with Crippen molar-refractivity contribution in [1.29, 1.82) is 5.26 Å². The number of hydrogen-bond acceptors (Lipinski definition) is 3. The predicted molar refractivity (Wildman–Crippen MR) is 71.9 cm³/mol. The molecule has 102 valence electrons. The maximum absolute atomic E-state index is 11.9. The van der Waals surface area contributed by atoms with E-state index in [-0.39, 0.29) is 5.91 Å². The monoisotopic (exact) mass is 269 g/mol. The first-order valence-electron chi connectivity index (χ1n) is 6.63. The normalized spacial score (nSPS) is 17.2. The van der Waals surface area contributed by atoms with Crippen molar-refractivity contribution in [2.45, 2.75) is 19.4 Å². The second kappa shape index (κ2) is 5.21. The fourth-order valence-corrected chi connectivity index (χ4v) is 2.51. The molecule has 0 saturated carbocycles. The molecule has 2 aromatic rings. The van der Waals surface area contributed by atoms with Gasteiger partial charge in [0.2, 0.25) is 0 Å². The number of hydrogen-bond donors (Lipinski definition) is 2. The molecular formula is C14H15N5O. The van der Waals surface area contributed by atoms with Crippen molar-refractivity contribution in [3.05, 3.63) is 41.7 Å². The van der Waals surface area contributed by atoms with Crippen molar-refractivity contribution in [3.63, 3.8) is 0 Å². The highest BCUT2D eigenvalue weighted by molar-refractivity contribution is 5.92. The van der Waals surface area contributed by atoms with Gasteiger partial charge in [-0.1, -0.05) is 0 Å². The van der Waals surface area contributed by atoms with E-state index in [1.165, 1.54) is 6.20 Å². The van der Waals surface area contributed by atoms with E-state index < -0.39 is 0 Å². The smallest absolute Gasteiger partial charge is 0.267 e. The van der Waals surface area contributed by atoms with Gasteiger partial charge in [0.05, 0.1) is 5.56 Å². The van der Waals surface area contributed by atoms with E-state index in [9.17, 15) is 4.79 Å². The average molecular weight is 269 g/mol. The summed E-state index contributed by atoms with van der Waals surface area (Å²) in [5.74, 6) is 1.34. The molecule has 1 amide bonds. The zero-order chi connectivity index (χ0) is 13.9. The maximum Gasteiger partial charge on any atom is 0.267 e. The van der Waals surface area contributed by atoms with Crippen LogP contribution < -0.4 is 5.32 Å². The fraction of sp³-hybridized carbons (Fsp3) is 0.357. The fourth-order valence-electron chi connectivity index (χ4n) is 2.51. The van der Waals surface area contributed by atoms with Crippen LogP contribution in [-0.2, 0) is 13.0 Å². The van der Waals surface area contributed by atoms with E-state index in [0.717, 1.165) is 25.2 Å². The second-order valence-electron chi connectivity index (χ2n) is 5.02. The van der Waals surface area contributed by atoms with Crippen LogP contribution in [0.3, 0.4) is 0 Å². The van der Waals surface area contributed by atoms with Crippen molar-refractivity contribution in [2.75, 3.05) is 6.54 Å². The van der Waals surface area contributed by atoms with Gasteiger partial charge in [-0.25, -0.2) is 4.98 Å². The number of nitriles is 1. The summed E-state index contributed by atoms with van der Waals surface area (Å²) >= 11 is 0. The Bertz CT molecular complexity index is 663. The van der Waals surface area contributed by atoms with Gasteiger partial charge in [0.15, 0.2) is 0 Å². The Morgan fingerprint density at radius 2 is 2.55 bits per heavy atom. The van der Waals surface area contributed by atoms with E-state index in [1.54, 1.807) is 6.07 Å². The van der Waals surface area contributed by atoms with Crippen LogP contribution in [0.5, 0.6) is 0 Å². The molecule has 0 aliphatic carbocycles. The summed E-state index contributed by atoms with van der Waals surface area (Å²) in [6, 6.07) is 3.55. The van der Waals surface area contributed by atoms with Gasteiger partial charge in [-0.15, -0.1) is 0 Å². The highest BCUT2D eigenvalue weighted by atomic mass is 16.1. The molecule has 3 rings (SSSR count). The Balaban J connectivity index is 1.55. The second-order valence-corrected chi connectivity index (χ2v) is 5.02. The zero-order valence-corrected chi connectivity index (χ0v) is 11.0. The maximum atomic E-state index is 11.9. The summed E-state index contributed by atoms with van der Waals surface area (Å²) in [4.78, 5) is 19.1. The zero-order valence-electron chi connectivity index (χ0n) is 11.0. The van der Waals surface area contributed by atoms with Gasteiger partial charge in [0.25, 0.3) is 5.91 Å². The van der Waals surface area contributed by atoms with E-state index >= 15 is 0 Å². The van der Waals surface area contributed by atoms with E-state index in [4.69, 9.17) is 5.26 Å². The van der Waals surface area contributed by atoms with Crippen LogP contribution in [-0.4, -0.2) is 27.0 Å². The molecule has 2 N–H and O–H groups in total. The number of nitrogens with one attached hydrogen (secondary N) is 2. The summed E-state index contributed by atoms with van der Waals surface area (Å²) in [6.45, 7) is 1.59. The predicted octanol–water partition coefficient (Wildman–Crippen LogP) is 1.08. The number of imidazole rings is 1. The van der Waals surface area contributed by atoms with Gasteiger partial charge in [-0.05, 0) is 18.4 Å². The molecular weight excluding hydrogens is 254 g/mol. The van der Waals surface area contributed by atoms with Crippen LogP contribution in [0.15, 0.2) is 24.7 Å². The number of aryl methyl sites for hydroxylation is 1. The van der Waals surface area contributed by atoms with Crippen LogP contribution >= 0.6 is 0 Å². The lowest BCUT2D eigenvalue weighted by Crippen LogP contribution is -2.33. The molecule has 6 heteroatoms. The van der Waals surface area contributed by atoms with Crippen LogP contribution in [0.4, 0.5) is 0 Å². The van der Waals surface area contributed by atoms with Crippen LogP contribution in [0, 0.1) is 17.2 Å². The van der Waals surface area contributed by atoms with Crippen molar-refractivity contribution < 1.29 is 4.79 Å². The summed E-state index contributed by atoms with van der Waals surface area (Å²) in [7, 11) is 0. The summed E-state index contributed by atoms with van der Waals surface area (Å²) < 4.78 is 2.16. The average Bonchev–Trinajstić information content (AvgIpc) is 3.12. The van der Waals surface area contributed by atoms with Crippen molar-refractivity contribution >= 4 is 5.91 Å². The standard InChI is InChI=1S/C14H15N5O/c15-7-11-5-12(17-9-11)14(20)18-8-10-1-3-19-4-2-16-13(19)6-10/h2,4-5,9-10,17H,1,3,6,8H2,(H,18,20)/t10-/m1/s1. The molecule has 3 heterocycles. The van der Waals surface area contributed by atoms with Gasteiger partial charge in [0, 0.05) is 38.1 Å². The first-order valence-corrected chi connectivity index (χ1v) is 6.63. The molecule has 1 aliphatic heterocycles. The SMILES string of the molecule is N#Cc1c[nH]c(C(=O)NC[C@@H]2CCn3ccnc3C2)c1. The Labute approximate surface area is 116 Å². The van der Waals surface area contributed by atoms with Gasteiger partial charge in [-0.3, -0.25) is 4.79 Å². The lowest BCUT2D eigenvalue weighted by Gasteiger charge is -2.23. The molecule has 0 fully saturated rings. The number of rotatable bonds is 3. The molecule has 0 bridgehead atoms. The van der Waals surface area contributed by atoms with Crippen molar-refractivity contribution in [3.8, 4) is 6.07 Å². The summed E-state index contributed by atoms with van der Waals surface area (Å²) in [5, 5.41) is 11.6. The van der Waals surface area contributed by atoms with Gasteiger partial charge < -0.3 is 14.9 Å². The van der Waals surface area contributed by atoms with Gasteiger partial charge >= 0.3 is 0 Å². The Morgan fingerprint density at radius 3 is 3.35 bits per heavy atom. The number of carbonyl (C=O) groups excluding carboxylic acids is 1. The minimum atomic E-state index is -0.166. The third-order valence-electron chi connectivity index (χ3n) is 3.66. The Morgan fingerprint density at radius 1 is 1.65 bits per heavy atom. The third kappa shape index (κ3) is 2.43. The lowest BCUT2D eigenvalue weighted by atomic mass is 9.98. The van der Waals surface area contributed by atoms with Crippen molar-refractivity contribution in [2.24, 2.45) is 5.92 Å². The first kappa shape index (κ1) is 12.5. The highest BCUT2D eigenvalue weighted by Crippen LogP contribution is 2.18.